The van der Waals surface area contributed by atoms with Crippen molar-refractivity contribution >= 4 is 6.21 Å². The summed E-state index contributed by atoms with van der Waals surface area (Å²) in [4.78, 5) is 0. The Kier molecular flexibility index (Phi) is 3.18. The van der Waals surface area contributed by atoms with Gasteiger partial charge in [0.1, 0.15) is 5.75 Å². The highest BCUT2D eigenvalue weighted by Gasteiger charge is 2.34. The lowest BCUT2D eigenvalue weighted by molar-refractivity contribution is -0.138. The van der Waals surface area contributed by atoms with Crippen LogP contribution in [0.25, 0.3) is 0 Å². The molecule has 0 bridgehead atoms. The fourth-order valence-electron chi connectivity index (χ4n) is 1.09. The summed E-state index contributed by atoms with van der Waals surface area (Å²) in [5, 5.41) is 10.8. The Balaban J connectivity index is 3.25. The number of rotatable bonds is 2. The number of halogens is 3. The van der Waals surface area contributed by atoms with E-state index < -0.39 is 11.7 Å². The molecule has 0 radical (unpaired) electrons. The van der Waals surface area contributed by atoms with E-state index in [0.29, 0.717) is 0 Å². The zero-order valence-electron chi connectivity index (χ0n) is 7.75. The average Bonchev–Trinajstić information content (AvgIpc) is 2.17. The lowest BCUT2D eigenvalue weighted by Gasteiger charge is -2.11. The molecule has 0 aliphatic heterocycles. The highest BCUT2D eigenvalue weighted by Crippen LogP contribution is 2.36. The molecule has 0 amide bonds. The van der Waals surface area contributed by atoms with Gasteiger partial charge in [-0.25, -0.2) is 0 Å². The molecular weight excluding hydrogens is 211 g/mol. The largest absolute Gasteiger partial charge is 0.496 e. The normalized spacial score (nSPS) is 12.0. The van der Waals surface area contributed by atoms with E-state index in [1.54, 1.807) is 0 Å². The number of oxime groups is 1. The summed E-state index contributed by atoms with van der Waals surface area (Å²) < 4.78 is 42.0. The van der Waals surface area contributed by atoms with E-state index in [0.717, 1.165) is 19.4 Å². The van der Waals surface area contributed by atoms with Gasteiger partial charge in [-0.05, 0) is 23.8 Å². The topological polar surface area (TPSA) is 41.8 Å². The smallest absolute Gasteiger partial charge is 0.419 e. The molecule has 0 fully saturated rings. The Morgan fingerprint density at radius 1 is 1.40 bits per heavy atom. The first-order chi connectivity index (χ1) is 6.99. The molecular formula is C9H8F3NO2. The van der Waals surface area contributed by atoms with Crippen LogP contribution in [0.2, 0.25) is 0 Å². The van der Waals surface area contributed by atoms with E-state index in [1.807, 2.05) is 0 Å². The van der Waals surface area contributed by atoms with Gasteiger partial charge in [-0.1, -0.05) is 5.16 Å². The van der Waals surface area contributed by atoms with Crippen molar-refractivity contribution in [3.63, 3.8) is 0 Å². The minimum absolute atomic E-state index is 0.144. The predicted molar refractivity (Wildman–Crippen MR) is 47.4 cm³/mol. The van der Waals surface area contributed by atoms with Crippen molar-refractivity contribution < 1.29 is 23.1 Å². The highest BCUT2D eigenvalue weighted by atomic mass is 19.4. The zero-order valence-corrected chi connectivity index (χ0v) is 7.75. The molecule has 0 aliphatic rings. The molecule has 0 spiro atoms. The van der Waals surface area contributed by atoms with Crippen LogP contribution in [0, 0.1) is 0 Å². The molecule has 0 unspecified atom stereocenters. The van der Waals surface area contributed by atoms with Crippen LogP contribution >= 0.6 is 0 Å². The third-order valence-corrected chi connectivity index (χ3v) is 1.74. The second-order valence-corrected chi connectivity index (χ2v) is 2.70. The highest BCUT2D eigenvalue weighted by molar-refractivity contribution is 5.79. The van der Waals surface area contributed by atoms with Gasteiger partial charge in [0.2, 0.25) is 0 Å². The van der Waals surface area contributed by atoms with E-state index >= 15 is 0 Å². The summed E-state index contributed by atoms with van der Waals surface area (Å²) in [5.41, 5.74) is -0.756. The summed E-state index contributed by atoms with van der Waals surface area (Å²) in [6, 6.07) is 3.37. The number of hydrogen-bond donors (Lipinski definition) is 1. The number of benzene rings is 1. The van der Waals surface area contributed by atoms with Gasteiger partial charge in [-0.2, -0.15) is 13.2 Å². The number of ether oxygens (including phenoxy) is 1. The molecule has 1 aromatic carbocycles. The molecule has 0 saturated heterocycles. The van der Waals surface area contributed by atoms with Gasteiger partial charge in [0.25, 0.3) is 0 Å². The van der Waals surface area contributed by atoms with Crippen molar-refractivity contribution in [1.82, 2.24) is 0 Å². The third kappa shape index (κ3) is 2.61. The number of hydrogen-bond acceptors (Lipinski definition) is 3. The summed E-state index contributed by atoms with van der Waals surface area (Å²) in [7, 11) is 1.16. The van der Waals surface area contributed by atoms with Crippen molar-refractivity contribution in [3.05, 3.63) is 29.3 Å². The van der Waals surface area contributed by atoms with Gasteiger partial charge in [-0.3, -0.25) is 0 Å². The van der Waals surface area contributed by atoms with Crippen molar-refractivity contribution in [2.45, 2.75) is 6.18 Å². The van der Waals surface area contributed by atoms with E-state index in [1.165, 1.54) is 12.1 Å². The zero-order chi connectivity index (χ0) is 11.5. The summed E-state index contributed by atoms with van der Waals surface area (Å²) >= 11 is 0. The minimum atomic E-state index is -4.50. The predicted octanol–water partition coefficient (Wildman–Crippen LogP) is 2.52. The second kappa shape index (κ2) is 4.20. The first kappa shape index (κ1) is 11.4. The van der Waals surface area contributed by atoms with Crippen LogP contribution in [0.5, 0.6) is 5.75 Å². The number of nitrogens with zero attached hydrogens (tertiary/aromatic N) is 1. The standard InChI is InChI=1S/C9H8F3NO2/c1-15-8-3-2-6(5-13-14)4-7(8)9(10,11)12/h2-5,14H,1H3/b13-5-. The van der Waals surface area contributed by atoms with E-state index in [-0.39, 0.29) is 11.3 Å². The molecule has 82 valence electrons. The van der Waals surface area contributed by atoms with Crippen LogP contribution in [0.4, 0.5) is 13.2 Å². The van der Waals surface area contributed by atoms with Gasteiger partial charge < -0.3 is 9.94 Å². The molecule has 0 aromatic heterocycles. The van der Waals surface area contributed by atoms with E-state index in [2.05, 4.69) is 9.89 Å². The molecule has 1 rings (SSSR count). The fraction of sp³-hybridized carbons (Fsp3) is 0.222. The SMILES string of the molecule is COc1ccc(/C=N\O)cc1C(F)(F)F. The van der Waals surface area contributed by atoms with Crippen LogP contribution in [0.15, 0.2) is 23.4 Å². The van der Waals surface area contributed by atoms with Crippen LogP contribution in [-0.2, 0) is 6.18 Å². The maximum atomic E-state index is 12.5. The molecule has 0 heterocycles. The molecule has 6 heteroatoms. The van der Waals surface area contributed by atoms with Gasteiger partial charge in [-0.15, -0.1) is 0 Å². The lowest BCUT2D eigenvalue weighted by atomic mass is 10.1. The molecule has 3 nitrogen and oxygen atoms in total. The van der Waals surface area contributed by atoms with E-state index in [4.69, 9.17) is 5.21 Å². The van der Waals surface area contributed by atoms with Crippen molar-refractivity contribution in [3.8, 4) is 5.75 Å². The summed E-state index contributed by atoms with van der Waals surface area (Å²) in [6.45, 7) is 0. The molecule has 1 aromatic rings. The quantitative estimate of drug-likeness (QED) is 0.471. The first-order valence-corrected chi connectivity index (χ1v) is 3.91. The van der Waals surface area contributed by atoms with Crippen LogP contribution in [0.1, 0.15) is 11.1 Å². The van der Waals surface area contributed by atoms with Gasteiger partial charge >= 0.3 is 6.18 Å². The monoisotopic (exact) mass is 219 g/mol. The number of alkyl halides is 3. The Bertz CT molecular complexity index is 374. The Morgan fingerprint density at radius 2 is 2.07 bits per heavy atom. The fourth-order valence-corrected chi connectivity index (χ4v) is 1.09. The Labute approximate surface area is 83.8 Å². The second-order valence-electron chi connectivity index (χ2n) is 2.70. The van der Waals surface area contributed by atoms with Crippen LogP contribution in [-0.4, -0.2) is 18.5 Å². The Hall–Kier alpha value is -1.72. The van der Waals surface area contributed by atoms with Crippen molar-refractivity contribution in [1.29, 1.82) is 0 Å². The maximum absolute atomic E-state index is 12.5. The molecule has 0 aliphatic carbocycles. The number of methoxy groups -OCH3 is 1. The lowest BCUT2D eigenvalue weighted by Crippen LogP contribution is -2.08. The van der Waals surface area contributed by atoms with E-state index in [9.17, 15) is 13.2 Å². The van der Waals surface area contributed by atoms with Gasteiger partial charge in [0.05, 0.1) is 18.9 Å². The van der Waals surface area contributed by atoms with Crippen molar-refractivity contribution in [2.24, 2.45) is 5.16 Å². The van der Waals surface area contributed by atoms with Crippen molar-refractivity contribution in [2.75, 3.05) is 7.11 Å². The average molecular weight is 219 g/mol. The maximum Gasteiger partial charge on any atom is 0.419 e. The van der Waals surface area contributed by atoms with Gasteiger partial charge in [0, 0.05) is 0 Å². The minimum Gasteiger partial charge on any atom is -0.496 e. The Morgan fingerprint density at radius 3 is 2.53 bits per heavy atom. The summed E-state index contributed by atoms with van der Waals surface area (Å²) in [6.07, 6.45) is -3.58. The van der Waals surface area contributed by atoms with Gasteiger partial charge in [0.15, 0.2) is 0 Å². The molecule has 15 heavy (non-hydrogen) atoms. The van der Waals surface area contributed by atoms with Crippen LogP contribution in [0.3, 0.4) is 0 Å². The third-order valence-electron chi connectivity index (χ3n) is 1.74. The summed E-state index contributed by atoms with van der Waals surface area (Å²) in [5.74, 6) is -0.266. The molecule has 1 N–H and O–H groups in total. The molecule has 0 saturated carbocycles. The first-order valence-electron chi connectivity index (χ1n) is 3.91. The van der Waals surface area contributed by atoms with Crippen LogP contribution < -0.4 is 4.74 Å². The molecule has 0 atom stereocenters.